The number of pyridine rings is 1. The highest BCUT2D eigenvalue weighted by Gasteiger charge is 2.01. The molecule has 4 N–H and O–H groups in total. The van der Waals surface area contributed by atoms with Crippen LogP contribution in [0.1, 0.15) is 12.6 Å². The van der Waals surface area contributed by atoms with Gasteiger partial charge in [0.25, 0.3) is 0 Å². The lowest BCUT2D eigenvalue weighted by Gasteiger charge is -2.05. The third kappa shape index (κ3) is 3.07. The van der Waals surface area contributed by atoms with Crippen LogP contribution < -0.4 is 11.5 Å². The van der Waals surface area contributed by atoms with Crippen molar-refractivity contribution >= 4 is 18.1 Å². The lowest BCUT2D eigenvalue weighted by molar-refractivity contribution is 0.724. The Bertz CT molecular complexity index is 237. The molecule has 1 aromatic heterocycles. The molecule has 0 aliphatic rings. The first-order valence-corrected chi connectivity index (χ1v) is 3.65. The van der Waals surface area contributed by atoms with E-state index in [4.69, 9.17) is 11.5 Å². The number of aromatic nitrogens is 1. The largest absolute Gasteiger partial charge is 0.397 e. The molecule has 0 fully saturated rings. The molecule has 1 rings (SSSR count). The topological polar surface area (TPSA) is 64.9 Å². The highest BCUT2D eigenvalue weighted by Crippen LogP contribution is 2.08. The Morgan fingerprint density at radius 1 is 1.58 bits per heavy atom. The van der Waals surface area contributed by atoms with Gasteiger partial charge < -0.3 is 11.5 Å². The number of nitrogens with two attached hydrogens (primary N) is 2. The zero-order valence-electron chi connectivity index (χ0n) is 7.03. The monoisotopic (exact) mass is 187 g/mol. The van der Waals surface area contributed by atoms with Gasteiger partial charge in [0.05, 0.1) is 11.4 Å². The zero-order chi connectivity index (χ0) is 8.27. The van der Waals surface area contributed by atoms with E-state index in [0.717, 1.165) is 17.8 Å². The minimum atomic E-state index is 0. The second-order valence-corrected chi connectivity index (χ2v) is 2.72. The second kappa shape index (κ2) is 4.95. The molecular weight excluding hydrogens is 174 g/mol. The Balaban J connectivity index is 0.00000121. The number of hydrogen-bond donors (Lipinski definition) is 2. The van der Waals surface area contributed by atoms with Gasteiger partial charge in [-0.1, -0.05) is 0 Å². The third-order valence-corrected chi connectivity index (χ3v) is 1.44. The summed E-state index contributed by atoms with van der Waals surface area (Å²) in [6.45, 7) is 1.94. The molecule has 4 heteroatoms. The van der Waals surface area contributed by atoms with E-state index in [1.54, 1.807) is 6.20 Å². The fraction of sp³-hybridized carbons (Fsp3) is 0.375. The molecule has 1 unspecified atom stereocenters. The van der Waals surface area contributed by atoms with Crippen LogP contribution in [0.25, 0.3) is 0 Å². The van der Waals surface area contributed by atoms with Gasteiger partial charge in [0, 0.05) is 18.7 Å². The molecule has 3 nitrogen and oxygen atoms in total. The number of hydrogen-bond acceptors (Lipinski definition) is 3. The van der Waals surface area contributed by atoms with Gasteiger partial charge in [-0.15, -0.1) is 12.4 Å². The maximum absolute atomic E-state index is 5.65. The van der Waals surface area contributed by atoms with Crippen LogP contribution in [0.2, 0.25) is 0 Å². The summed E-state index contributed by atoms with van der Waals surface area (Å²) in [5.41, 5.74) is 12.9. The van der Waals surface area contributed by atoms with Crippen molar-refractivity contribution in [3.63, 3.8) is 0 Å². The van der Waals surface area contributed by atoms with Crippen LogP contribution in [0.4, 0.5) is 5.69 Å². The minimum absolute atomic E-state index is 0. The summed E-state index contributed by atoms with van der Waals surface area (Å²) in [5.74, 6) is 0. The molecule has 12 heavy (non-hydrogen) atoms. The Hall–Kier alpha value is -0.800. The van der Waals surface area contributed by atoms with E-state index < -0.39 is 0 Å². The summed E-state index contributed by atoms with van der Waals surface area (Å²) in [5, 5.41) is 0. The van der Waals surface area contributed by atoms with Gasteiger partial charge in [-0.3, -0.25) is 4.98 Å². The molecule has 1 atom stereocenters. The summed E-state index contributed by atoms with van der Waals surface area (Å²) in [6.07, 6.45) is 2.47. The lowest BCUT2D eigenvalue weighted by atomic mass is 10.1. The molecule has 1 heterocycles. The SMILES string of the molecule is CC(N)Cc1ncccc1N.Cl. The van der Waals surface area contributed by atoms with E-state index in [9.17, 15) is 0 Å². The Morgan fingerprint density at radius 3 is 2.75 bits per heavy atom. The van der Waals surface area contributed by atoms with Crippen LogP contribution in [-0.2, 0) is 6.42 Å². The van der Waals surface area contributed by atoms with E-state index >= 15 is 0 Å². The standard InChI is InChI=1S/C8H13N3.ClH/c1-6(9)5-8-7(10)3-2-4-11-8;/h2-4,6H,5,9-10H2,1H3;1H. The van der Waals surface area contributed by atoms with Crippen molar-refractivity contribution in [3.8, 4) is 0 Å². The summed E-state index contributed by atoms with van der Waals surface area (Å²) < 4.78 is 0. The summed E-state index contributed by atoms with van der Waals surface area (Å²) >= 11 is 0. The Labute approximate surface area is 78.6 Å². The van der Waals surface area contributed by atoms with Crippen LogP contribution in [0.3, 0.4) is 0 Å². The summed E-state index contributed by atoms with van der Waals surface area (Å²) in [7, 11) is 0. The van der Waals surface area contributed by atoms with E-state index in [2.05, 4.69) is 4.98 Å². The minimum Gasteiger partial charge on any atom is -0.397 e. The Kier molecular flexibility index (Phi) is 4.62. The molecule has 0 radical (unpaired) electrons. The fourth-order valence-electron chi connectivity index (χ4n) is 0.926. The molecule has 0 aromatic carbocycles. The van der Waals surface area contributed by atoms with Gasteiger partial charge in [-0.25, -0.2) is 0 Å². The van der Waals surface area contributed by atoms with E-state index in [1.165, 1.54) is 0 Å². The lowest BCUT2D eigenvalue weighted by Crippen LogP contribution is -2.19. The van der Waals surface area contributed by atoms with Gasteiger partial charge in [-0.05, 0) is 19.1 Å². The highest BCUT2D eigenvalue weighted by atomic mass is 35.5. The van der Waals surface area contributed by atoms with E-state index in [1.807, 2.05) is 19.1 Å². The molecule has 0 aliphatic carbocycles. The van der Waals surface area contributed by atoms with E-state index in [-0.39, 0.29) is 18.4 Å². The van der Waals surface area contributed by atoms with Crippen molar-refractivity contribution in [1.29, 1.82) is 0 Å². The third-order valence-electron chi connectivity index (χ3n) is 1.44. The molecule has 0 aliphatic heterocycles. The number of nitrogen functional groups attached to an aromatic ring is 1. The van der Waals surface area contributed by atoms with E-state index in [0.29, 0.717) is 0 Å². The molecule has 1 aromatic rings. The number of nitrogens with zero attached hydrogens (tertiary/aromatic N) is 1. The first-order valence-electron chi connectivity index (χ1n) is 3.65. The van der Waals surface area contributed by atoms with Crippen molar-refractivity contribution in [3.05, 3.63) is 24.0 Å². The van der Waals surface area contributed by atoms with Crippen molar-refractivity contribution in [2.75, 3.05) is 5.73 Å². The first kappa shape index (κ1) is 11.2. The molecular formula is C8H14ClN3. The number of rotatable bonds is 2. The smallest absolute Gasteiger partial charge is 0.0647 e. The fourth-order valence-corrected chi connectivity index (χ4v) is 0.926. The highest BCUT2D eigenvalue weighted by molar-refractivity contribution is 5.85. The molecule has 0 saturated heterocycles. The van der Waals surface area contributed by atoms with Crippen molar-refractivity contribution in [2.45, 2.75) is 19.4 Å². The Morgan fingerprint density at radius 2 is 2.25 bits per heavy atom. The second-order valence-electron chi connectivity index (χ2n) is 2.72. The summed E-state index contributed by atoms with van der Waals surface area (Å²) in [6, 6.07) is 3.78. The molecule has 0 bridgehead atoms. The number of anilines is 1. The van der Waals surface area contributed by atoms with Gasteiger partial charge in [0.2, 0.25) is 0 Å². The summed E-state index contributed by atoms with van der Waals surface area (Å²) in [4.78, 5) is 4.11. The van der Waals surface area contributed by atoms with Crippen LogP contribution in [0.15, 0.2) is 18.3 Å². The van der Waals surface area contributed by atoms with Crippen LogP contribution in [0.5, 0.6) is 0 Å². The molecule has 0 spiro atoms. The average Bonchev–Trinajstić information content (AvgIpc) is 1.93. The molecule has 0 amide bonds. The maximum atomic E-state index is 5.65. The van der Waals surface area contributed by atoms with Gasteiger partial charge in [-0.2, -0.15) is 0 Å². The van der Waals surface area contributed by atoms with Gasteiger partial charge >= 0.3 is 0 Å². The average molecular weight is 188 g/mol. The number of halogens is 1. The van der Waals surface area contributed by atoms with Crippen molar-refractivity contribution < 1.29 is 0 Å². The first-order chi connectivity index (χ1) is 5.20. The predicted molar refractivity (Wildman–Crippen MR) is 53.3 cm³/mol. The molecule has 0 saturated carbocycles. The van der Waals surface area contributed by atoms with Gasteiger partial charge in [0.15, 0.2) is 0 Å². The predicted octanol–water partition coefficient (Wildman–Crippen LogP) is 0.975. The van der Waals surface area contributed by atoms with Crippen LogP contribution >= 0.6 is 12.4 Å². The van der Waals surface area contributed by atoms with Crippen molar-refractivity contribution in [1.82, 2.24) is 4.98 Å². The van der Waals surface area contributed by atoms with Crippen LogP contribution in [0, 0.1) is 0 Å². The normalized spacial score (nSPS) is 11.8. The van der Waals surface area contributed by atoms with Crippen molar-refractivity contribution in [2.24, 2.45) is 5.73 Å². The van der Waals surface area contributed by atoms with Gasteiger partial charge in [0.1, 0.15) is 0 Å². The quantitative estimate of drug-likeness (QED) is 0.726. The zero-order valence-corrected chi connectivity index (χ0v) is 7.84. The maximum Gasteiger partial charge on any atom is 0.0647 e. The molecule has 68 valence electrons. The van der Waals surface area contributed by atoms with Crippen LogP contribution in [-0.4, -0.2) is 11.0 Å².